The van der Waals surface area contributed by atoms with E-state index in [4.69, 9.17) is 34.8 Å². The fourth-order valence-corrected chi connectivity index (χ4v) is 4.28. The van der Waals surface area contributed by atoms with Crippen molar-refractivity contribution in [3.05, 3.63) is 63.1 Å². The Morgan fingerprint density at radius 1 is 1.08 bits per heavy atom. The molecule has 1 N–H and O–H groups in total. The lowest BCUT2D eigenvalue weighted by molar-refractivity contribution is 0.331. The van der Waals surface area contributed by atoms with Crippen LogP contribution in [0.1, 0.15) is 44.7 Å². The lowest BCUT2D eigenvalue weighted by Crippen LogP contribution is -2.47. The predicted molar refractivity (Wildman–Crippen MR) is 114 cm³/mol. The molecule has 3 rings (SSSR count). The van der Waals surface area contributed by atoms with Crippen LogP contribution in [0.25, 0.3) is 0 Å². The molecule has 0 radical (unpaired) electrons. The first-order valence-electron chi connectivity index (χ1n) is 9.21. The molecule has 1 fully saturated rings. The fourth-order valence-electron chi connectivity index (χ4n) is 3.64. The second-order valence-corrected chi connectivity index (χ2v) is 8.33. The summed E-state index contributed by atoms with van der Waals surface area (Å²) < 4.78 is 0. The average molecular weight is 412 g/mol. The van der Waals surface area contributed by atoms with Gasteiger partial charge in [0, 0.05) is 28.7 Å². The molecule has 1 aliphatic rings. The van der Waals surface area contributed by atoms with Crippen LogP contribution in [-0.2, 0) is 0 Å². The van der Waals surface area contributed by atoms with E-state index < -0.39 is 0 Å². The summed E-state index contributed by atoms with van der Waals surface area (Å²) in [7, 11) is 0. The molecule has 0 spiro atoms. The Morgan fingerprint density at radius 3 is 2.42 bits per heavy atom. The molecule has 3 atom stereocenters. The van der Waals surface area contributed by atoms with Gasteiger partial charge in [0.15, 0.2) is 0 Å². The number of halogens is 3. The Kier molecular flexibility index (Phi) is 6.74. The molecule has 2 nitrogen and oxygen atoms in total. The number of hydrogen-bond donors (Lipinski definition) is 1. The van der Waals surface area contributed by atoms with E-state index in [2.05, 4.69) is 36.2 Å². The third-order valence-corrected chi connectivity index (χ3v) is 6.00. The van der Waals surface area contributed by atoms with Gasteiger partial charge in [-0.15, -0.1) is 0 Å². The van der Waals surface area contributed by atoms with Crippen LogP contribution in [0, 0.1) is 0 Å². The van der Waals surface area contributed by atoms with Crippen LogP contribution < -0.4 is 10.2 Å². The SMILES string of the molecule is CCC(C)NC1CCN(c2ccc(Cl)cc2Cl)C(c2ccc(Cl)cc2)C1. The van der Waals surface area contributed by atoms with E-state index in [0.29, 0.717) is 22.1 Å². The molecular formula is C21H25Cl3N2. The van der Waals surface area contributed by atoms with Crippen molar-refractivity contribution in [1.82, 2.24) is 5.32 Å². The maximum absolute atomic E-state index is 6.52. The van der Waals surface area contributed by atoms with Crippen LogP contribution in [0.3, 0.4) is 0 Å². The van der Waals surface area contributed by atoms with Crippen LogP contribution >= 0.6 is 34.8 Å². The Hall–Kier alpha value is -0.930. The molecule has 2 aromatic rings. The summed E-state index contributed by atoms with van der Waals surface area (Å²) in [4.78, 5) is 2.40. The topological polar surface area (TPSA) is 15.3 Å². The van der Waals surface area contributed by atoms with Gasteiger partial charge in [0.1, 0.15) is 0 Å². The van der Waals surface area contributed by atoms with Crippen molar-refractivity contribution >= 4 is 40.5 Å². The highest BCUT2D eigenvalue weighted by Gasteiger charge is 2.31. The zero-order chi connectivity index (χ0) is 18.7. The van der Waals surface area contributed by atoms with Gasteiger partial charge in [-0.05, 0) is 62.1 Å². The Labute approximate surface area is 171 Å². The van der Waals surface area contributed by atoms with E-state index >= 15 is 0 Å². The molecule has 140 valence electrons. The summed E-state index contributed by atoms with van der Waals surface area (Å²) in [6.45, 7) is 5.42. The second kappa shape index (κ2) is 8.84. The maximum atomic E-state index is 6.52. The van der Waals surface area contributed by atoms with Crippen molar-refractivity contribution in [1.29, 1.82) is 0 Å². The number of hydrogen-bond acceptors (Lipinski definition) is 2. The van der Waals surface area contributed by atoms with E-state index in [-0.39, 0.29) is 6.04 Å². The van der Waals surface area contributed by atoms with Gasteiger partial charge in [-0.1, -0.05) is 53.9 Å². The number of benzene rings is 2. The van der Waals surface area contributed by atoms with Crippen molar-refractivity contribution in [2.75, 3.05) is 11.4 Å². The van der Waals surface area contributed by atoms with Crippen LogP contribution in [0.5, 0.6) is 0 Å². The van der Waals surface area contributed by atoms with E-state index in [1.54, 1.807) is 0 Å². The molecule has 1 heterocycles. The van der Waals surface area contributed by atoms with Gasteiger partial charge in [-0.25, -0.2) is 0 Å². The minimum absolute atomic E-state index is 0.251. The molecule has 0 saturated carbocycles. The zero-order valence-electron chi connectivity index (χ0n) is 15.2. The summed E-state index contributed by atoms with van der Waals surface area (Å²) in [5, 5.41) is 5.89. The molecule has 5 heteroatoms. The van der Waals surface area contributed by atoms with Crippen molar-refractivity contribution in [3.63, 3.8) is 0 Å². The van der Waals surface area contributed by atoms with Gasteiger partial charge < -0.3 is 10.2 Å². The lowest BCUT2D eigenvalue weighted by Gasteiger charge is -2.42. The highest BCUT2D eigenvalue weighted by Crippen LogP contribution is 2.39. The Morgan fingerprint density at radius 2 is 1.77 bits per heavy atom. The molecule has 2 aromatic carbocycles. The van der Waals surface area contributed by atoms with E-state index in [1.165, 1.54) is 5.56 Å². The number of nitrogens with one attached hydrogen (secondary N) is 1. The lowest BCUT2D eigenvalue weighted by atomic mass is 9.90. The summed E-state index contributed by atoms with van der Waals surface area (Å²) >= 11 is 18.7. The van der Waals surface area contributed by atoms with Crippen molar-refractivity contribution in [2.45, 2.75) is 51.2 Å². The first-order chi connectivity index (χ1) is 12.5. The quantitative estimate of drug-likeness (QED) is 0.585. The van der Waals surface area contributed by atoms with Crippen molar-refractivity contribution in [3.8, 4) is 0 Å². The Balaban J connectivity index is 1.90. The third kappa shape index (κ3) is 4.67. The van der Waals surface area contributed by atoms with Gasteiger partial charge in [-0.2, -0.15) is 0 Å². The van der Waals surface area contributed by atoms with Crippen molar-refractivity contribution in [2.24, 2.45) is 0 Å². The largest absolute Gasteiger partial charge is 0.363 e. The molecule has 1 saturated heterocycles. The van der Waals surface area contributed by atoms with Gasteiger partial charge in [0.05, 0.1) is 16.8 Å². The van der Waals surface area contributed by atoms with E-state index in [1.807, 2.05) is 30.3 Å². The van der Waals surface area contributed by atoms with Gasteiger partial charge in [0.25, 0.3) is 0 Å². The van der Waals surface area contributed by atoms with Crippen LogP contribution in [0.4, 0.5) is 5.69 Å². The molecule has 0 aromatic heterocycles. The molecule has 0 aliphatic carbocycles. The molecule has 3 unspecified atom stereocenters. The third-order valence-electron chi connectivity index (χ3n) is 5.21. The monoisotopic (exact) mass is 410 g/mol. The second-order valence-electron chi connectivity index (χ2n) is 7.05. The smallest absolute Gasteiger partial charge is 0.0654 e. The summed E-state index contributed by atoms with van der Waals surface area (Å²) in [5.41, 5.74) is 2.30. The molecule has 0 bridgehead atoms. The highest BCUT2D eigenvalue weighted by molar-refractivity contribution is 6.36. The summed E-state index contributed by atoms with van der Waals surface area (Å²) in [6.07, 6.45) is 3.26. The standard InChI is InChI=1S/C21H25Cl3N2/c1-3-14(2)25-18-10-11-26(20-9-8-17(23)12-19(20)24)21(13-18)15-4-6-16(22)7-5-15/h4-9,12,14,18,21,25H,3,10-11,13H2,1-2H3. The van der Waals surface area contributed by atoms with E-state index in [9.17, 15) is 0 Å². The fraction of sp³-hybridized carbons (Fsp3) is 0.429. The Bertz CT molecular complexity index is 733. The van der Waals surface area contributed by atoms with Crippen LogP contribution in [-0.4, -0.2) is 18.6 Å². The minimum Gasteiger partial charge on any atom is -0.363 e. The zero-order valence-corrected chi connectivity index (χ0v) is 17.5. The van der Waals surface area contributed by atoms with Gasteiger partial charge in [-0.3, -0.25) is 0 Å². The van der Waals surface area contributed by atoms with Gasteiger partial charge in [0.2, 0.25) is 0 Å². The number of anilines is 1. The highest BCUT2D eigenvalue weighted by atomic mass is 35.5. The minimum atomic E-state index is 0.251. The average Bonchev–Trinajstić information content (AvgIpc) is 2.63. The molecule has 26 heavy (non-hydrogen) atoms. The van der Waals surface area contributed by atoms with Gasteiger partial charge >= 0.3 is 0 Å². The number of piperidine rings is 1. The molecule has 0 amide bonds. The first kappa shape index (κ1) is 19.8. The summed E-state index contributed by atoms with van der Waals surface area (Å²) in [6, 6.07) is 15.2. The number of nitrogens with zero attached hydrogens (tertiary/aromatic N) is 1. The number of rotatable bonds is 5. The molecular weight excluding hydrogens is 387 g/mol. The predicted octanol–water partition coefficient (Wildman–Crippen LogP) is 6.75. The maximum Gasteiger partial charge on any atom is 0.0654 e. The van der Waals surface area contributed by atoms with Crippen LogP contribution in [0.2, 0.25) is 15.1 Å². The molecule has 1 aliphatic heterocycles. The van der Waals surface area contributed by atoms with Crippen LogP contribution in [0.15, 0.2) is 42.5 Å². The summed E-state index contributed by atoms with van der Waals surface area (Å²) in [5.74, 6) is 0. The first-order valence-corrected chi connectivity index (χ1v) is 10.3. The van der Waals surface area contributed by atoms with Crippen molar-refractivity contribution < 1.29 is 0 Å². The normalized spacial score (nSPS) is 21.7. The van der Waals surface area contributed by atoms with E-state index in [0.717, 1.165) is 36.5 Å².